The topological polar surface area (TPSA) is 88.6 Å². The first-order chi connectivity index (χ1) is 14.0. The highest BCUT2D eigenvalue weighted by Gasteiger charge is 2.45. The van der Waals surface area contributed by atoms with Gasteiger partial charge in [0.15, 0.2) is 0 Å². The van der Waals surface area contributed by atoms with E-state index >= 15 is 0 Å². The zero-order valence-electron chi connectivity index (χ0n) is 16.9. The van der Waals surface area contributed by atoms with E-state index in [1.807, 2.05) is 24.3 Å². The van der Waals surface area contributed by atoms with Crippen molar-refractivity contribution in [3.8, 4) is 0 Å². The van der Waals surface area contributed by atoms with Crippen molar-refractivity contribution in [3.05, 3.63) is 42.1 Å². The molecule has 0 aliphatic carbocycles. The number of amides is 2. The van der Waals surface area contributed by atoms with E-state index < -0.39 is 23.8 Å². The quantitative estimate of drug-likeness (QED) is 0.546. The van der Waals surface area contributed by atoms with Crippen molar-refractivity contribution in [2.75, 3.05) is 19.7 Å². The summed E-state index contributed by atoms with van der Waals surface area (Å²) in [5, 5.41) is 3.58. The van der Waals surface area contributed by atoms with Gasteiger partial charge in [0.05, 0.1) is 17.7 Å². The Kier molecular flexibility index (Phi) is 6.80. The average molecular weight is 397 g/mol. The summed E-state index contributed by atoms with van der Waals surface area (Å²) in [6.07, 6.45) is 4.40. The second-order valence-corrected chi connectivity index (χ2v) is 7.22. The van der Waals surface area contributed by atoms with E-state index in [9.17, 15) is 14.4 Å². The number of hydrogen-bond donors (Lipinski definition) is 1. The molecule has 0 saturated carbocycles. The molecule has 2 amide bonds. The molecule has 1 aliphatic heterocycles. The van der Waals surface area contributed by atoms with Crippen molar-refractivity contribution in [2.24, 2.45) is 5.92 Å². The number of benzene rings is 1. The molecule has 29 heavy (non-hydrogen) atoms. The molecule has 1 aliphatic rings. The van der Waals surface area contributed by atoms with Crippen LogP contribution in [0, 0.1) is 5.92 Å². The third-order valence-electron chi connectivity index (χ3n) is 5.16. The van der Waals surface area contributed by atoms with Gasteiger partial charge in [0.1, 0.15) is 12.0 Å². The molecule has 0 radical (unpaired) electrons. The normalized spacial score (nSPS) is 18.8. The largest absolute Gasteiger partial charge is 0.466 e. The van der Waals surface area contributed by atoms with Gasteiger partial charge in [-0.25, -0.2) is 0 Å². The predicted octanol–water partition coefficient (Wildman–Crippen LogP) is 2.54. The minimum Gasteiger partial charge on any atom is -0.466 e. The van der Waals surface area contributed by atoms with Crippen LogP contribution in [0.5, 0.6) is 0 Å². The number of ether oxygens (including phenoxy) is 1. The molecule has 2 aromatic rings. The van der Waals surface area contributed by atoms with Crippen molar-refractivity contribution < 1.29 is 19.1 Å². The first-order valence-corrected chi connectivity index (χ1v) is 10.2. The maximum atomic E-state index is 12.9. The van der Waals surface area contributed by atoms with Crippen LogP contribution in [-0.4, -0.2) is 53.4 Å². The predicted molar refractivity (Wildman–Crippen MR) is 109 cm³/mol. The molecule has 0 spiro atoms. The van der Waals surface area contributed by atoms with Crippen LogP contribution in [-0.2, 0) is 14.3 Å². The molecule has 1 saturated heterocycles. The van der Waals surface area contributed by atoms with Crippen LogP contribution >= 0.6 is 0 Å². The molecule has 1 N–H and O–H groups in total. The summed E-state index contributed by atoms with van der Waals surface area (Å²) in [5.74, 6) is -1.82. The molecule has 2 atom stereocenters. The lowest BCUT2D eigenvalue weighted by Gasteiger charge is -2.17. The van der Waals surface area contributed by atoms with Gasteiger partial charge in [-0.05, 0) is 25.5 Å². The fourth-order valence-corrected chi connectivity index (χ4v) is 3.60. The smallest absolute Gasteiger partial charge is 0.313 e. The Hall–Kier alpha value is -2.96. The van der Waals surface area contributed by atoms with Crippen molar-refractivity contribution in [1.82, 2.24) is 15.2 Å². The van der Waals surface area contributed by atoms with Gasteiger partial charge in [-0.1, -0.05) is 38.0 Å². The molecule has 7 nitrogen and oxygen atoms in total. The number of carbonyl (C=O) groups is 3. The van der Waals surface area contributed by atoms with E-state index in [4.69, 9.17) is 4.74 Å². The van der Waals surface area contributed by atoms with Gasteiger partial charge in [0.2, 0.25) is 5.91 Å². The van der Waals surface area contributed by atoms with Crippen LogP contribution in [0.2, 0.25) is 0 Å². The molecule has 2 unspecified atom stereocenters. The lowest BCUT2D eigenvalue weighted by atomic mass is 10.0. The third-order valence-corrected chi connectivity index (χ3v) is 5.16. The Labute approximate surface area is 170 Å². The minimum absolute atomic E-state index is 0.231. The number of unbranched alkanes of at least 4 members (excludes halogenated alkanes) is 2. The number of aromatic nitrogens is 1. The number of esters is 1. The highest BCUT2D eigenvalue weighted by atomic mass is 16.5. The number of carbonyl (C=O) groups excluding carboxylic acids is 3. The average Bonchev–Trinajstić information content (AvgIpc) is 3.04. The summed E-state index contributed by atoms with van der Waals surface area (Å²) in [5.41, 5.74) is 1.14. The number of rotatable bonds is 8. The first-order valence-electron chi connectivity index (χ1n) is 10.2. The molecule has 7 heteroatoms. The molecule has 2 heterocycles. The van der Waals surface area contributed by atoms with Gasteiger partial charge in [-0.15, -0.1) is 0 Å². The SMILES string of the molecule is CCCCCN1CC(C(=O)OCC)C(NC(=O)c2cnc3ccccc3c2)C1=O. The highest BCUT2D eigenvalue weighted by Crippen LogP contribution is 2.22. The van der Waals surface area contributed by atoms with Gasteiger partial charge >= 0.3 is 5.97 Å². The Bertz CT molecular complexity index is 899. The highest BCUT2D eigenvalue weighted by molar-refractivity contribution is 6.01. The molecule has 154 valence electrons. The molecule has 3 rings (SSSR count). The van der Waals surface area contributed by atoms with Crippen LogP contribution in [0.15, 0.2) is 36.5 Å². The number of nitrogens with one attached hydrogen (secondary N) is 1. The third kappa shape index (κ3) is 4.72. The van der Waals surface area contributed by atoms with Crippen LogP contribution < -0.4 is 5.32 Å². The monoisotopic (exact) mass is 397 g/mol. The van der Waals surface area contributed by atoms with Crippen molar-refractivity contribution >= 4 is 28.7 Å². The van der Waals surface area contributed by atoms with Gasteiger partial charge in [-0.2, -0.15) is 0 Å². The fourth-order valence-electron chi connectivity index (χ4n) is 3.60. The lowest BCUT2D eigenvalue weighted by Crippen LogP contribution is -2.46. The first kappa shape index (κ1) is 20.8. The number of likely N-dealkylation sites (tertiary alicyclic amines) is 1. The summed E-state index contributed by atoms with van der Waals surface area (Å²) < 4.78 is 5.14. The standard InChI is InChI=1S/C22H27N3O4/c1-3-5-8-11-25-14-17(22(28)29-4-2)19(21(25)27)24-20(26)16-12-15-9-6-7-10-18(15)23-13-16/h6-7,9-10,12-13,17,19H,3-5,8,11,14H2,1-2H3,(H,24,26). The van der Waals surface area contributed by atoms with E-state index in [1.165, 1.54) is 6.20 Å². The maximum Gasteiger partial charge on any atom is 0.313 e. The van der Waals surface area contributed by atoms with Crippen LogP contribution in [0.3, 0.4) is 0 Å². The fraction of sp³-hybridized carbons (Fsp3) is 0.455. The van der Waals surface area contributed by atoms with Crippen molar-refractivity contribution in [3.63, 3.8) is 0 Å². The Morgan fingerprint density at radius 1 is 1.24 bits per heavy atom. The van der Waals surface area contributed by atoms with Crippen LogP contribution in [0.25, 0.3) is 10.9 Å². The number of nitrogens with zero attached hydrogens (tertiary/aromatic N) is 2. The number of hydrogen-bond acceptors (Lipinski definition) is 5. The van der Waals surface area contributed by atoms with E-state index in [-0.39, 0.29) is 19.1 Å². The molecule has 1 fully saturated rings. The lowest BCUT2D eigenvalue weighted by molar-refractivity contribution is -0.148. The summed E-state index contributed by atoms with van der Waals surface area (Å²) in [6.45, 7) is 4.89. The Morgan fingerprint density at radius 3 is 2.79 bits per heavy atom. The second-order valence-electron chi connectivity index (χ2n) is 7.22. The zero-order valence-corrected chi connectivity index (χ0v) is 16.9. The van der Waals surface area contributed by atoms with Gasteiger partial charge in [-0.3, -0.25) is 19.4 Å². The number of para-hydroxylation sites is 1. The van der Waals surface area contributed by atoms with Crippen LogP contribution in [0.1, 0.15) is 43.5 Å². The van der Waals surface area contributed by atoms with Crippen molar-refractivity contribution in [1.29, 1.82) is 0 Å². The van der Waals surface area contributed by atoms with Gasteiger partial charge < -0.3 is 15.0 Å². The van der Waals surface area contributed by atoms with E-state index in [2.05, 4.69) is 17.2 Å². The minimum atomic E-state index is -0.922. The van der Waals surface area contributed by atoms with Crippen molar-refractivity contribution in [2.45, 2.75) is 39.2 Å². The zero-order chi connectivity index (χ0) is 20.8. The van der Waals surface area contributed by atoms with E-state index in [0.29, 0.717) is 12.1 Å². The number of pyridine rings is 1. The summed E-state index contributed by atoms with van der Waals surface area (Å²) in [6, 6.07) is 8.30. The summed E-state index contributed by atoms with van der Waals surface area (Å²) >= 11 is 0. The second kappa shape index (κ2) is 9.49. The summed E-state index contributed by atoms with van der Waals surface area (Å²) in [4.78, 5) is 44.0. The molecule has 1 aromatic carbocycles. The molecular weight excluding hydrogens is 370 g/mol. The molecular formula is C22H27N3O4. The Balaban J connectivity index is 1.77. The van der Waals surface area contributed by atoms with E-state index in [0.717, 1.165) is 30.2 Å². The summed E-state index contributed by atoms with van der Waals surface area (Å²) in [7, 11) is 0. The van der Waals surface area contributed by atoms with E-state index in [1.54, 1.807) is 17.9 Å². The van der Waals surface area contributed by atoms with Crippen LogP contribution in [0.4, 0.5) is 0 Å². The Morgan fingerprint density at radius 2 is 2.03 bits per heavy atom. The van der Waals surface area contributed by atoms with Gasteiger partial charge in [0, 0.05) is 24.7 Å². The maximum absolute atomic E-state index is 12.9. The van der Waals surface area contributed by atoms with Gasteiger partial charge in [0.25, 0.3) is 5.91 Å². The molecule has 1 aromatic heterocycles. The molecule has 0 bridgehead atoms. The number of fused-ring (bicyclic) bond motifs is 1.